The van der Waals surface area contributed by atoms with E-state index in [0.717, 1.165) is 32.0 Å². The van der Waals surface area contributed by atoms with Crippen LogP contribution >= 0.6 is 0 Å². The number of hydrogen-bond acceptors (Lipinski definition) is 3. The first kappa shape index (κ1) is 9.59. The number of rotatable bonds is 2. The van der Waals surface area contributed by atoms with Crippen LogP contribution in [0.2, 0.25) is 0 Å². The van der Waals surface area contributed by atoms with E-state index in [0.29, 0.717) is 5.92 Å². The van der Waals surface area contributed by atoms with Gasteiger partial charge in [-0.05, 0) is 6.07 Å². The molecule has 3 heterocycles. The molecule has 1 aliphatic rings. The molecule has 1 unspecified atom stereocenters. The summed E-state index contributed by atoms with van der Waals surface area (Å²) in [5.41, 5.74) is 0. The van der Waals surface area contributed by atoms with E-state index >= 15 is 0 Å². The van der Waals surface area contributed by atoms with Gasteiger partial charge in [-0.1, -0.05) is 0 Å². The van der Waals surface area contributed by atoms with Crippen molar-refractivity contribution in [2.24, 2.45) is 5.92 Å². The zero-order valence-electron chi connectivity index (χ0n) is 9.08. The van der Waals surface area contributed by atoms with Crippen LogP contribution in [0, 0.1) is 5.92 Å². The SMILES string of the molecule is c1cnn(CC2CNCc3nccn3C2)c1. The fourth-order valence-corrected chi connectivity index (χ4v) is 2.20. The van der Waals surface area contributed by atoms with Crippen LogP contribution in [0.15, 0.2) is 30.9 Å². The van der Waals surface area contributed by atoms with Crippen LogP contribution in [0.1, 0.15) is 5.82 Å². The smallest absolute Gasteiger partial charge is 0.122 e. The quantitative estimate of drug-likeness (QED) is 0.797. The van der Waals surface area contributed by atoms with Gasteiger partial charge in [0, 0.05) is 50.3 Å². The molecule has 1 aliphatic heterocycles. The van der Waals surface area contributed by atoms with Gasteiger partial charge in [-0.3, -0.25) is 4.68 Å². The summed E-state index contributed by atoms with van der Waals surface area (Å²) in [6.45, 7) is 3.85. The summed E-state index contributed by atoms with van der Waals surface area (Å²) in [5, 5.41) is 7.68. The minimum Gasteiger partial charge on any atom is -0.333 e. The summed E-state index contributed by atoms with van der Waals surface area (Å²) in [6, 6.07) is 1.97. The molecule has 0 radical (unpaired) electrons. The second-order valence-electron chi connectivity index (χ2n) is 4.22. The second kappa shape index (κ2) is 4.09. The first-order valence-corrected chi connectivity index (χ1v) is 5.60. The van der Waals surface area contributed by atoms with Gasteiger partial charge in [-0.15, -0.1) is 0 Å². The Kier molecular flexibility index (Phi) is 2.46. The molecule has 3 rings (SSSR count). The lowest BCUT2D eigenvalue weighted by Gasteiger charge is -2.15. The molecule has 0 saturated carbocycles. The van der Waals surface area contributed by atoms with E-state index in [-0.39, 0.29) is 0 Å². The predicted molar refractivity (Wildman–Crippen MR) is 59.7 cm³/mol. The number of nitrogens with zero attached hydrogens (tertiary/aromatic N) is 4. The summed E-state index contributed by atoms with van der Waals surface area (Å²) in [4.78, 5) is 4.33. The molecule has 0 aromatic carbocycles. The van der Waals surface area contributed by atoms with Crippen molar-refractivity contribution in [3.63, 3.8) is 0 Å². The second-order valence-corrected chi connectivity index (χ2v) is 4.22. The Balaban J connectivity index is 1.73. The van der Waals surface area contributed by atoms with Crippen molar-refractivity contribution in [2.75, 3.05) is 6.54 Å². The van der Waals surface area contributed by atoms with Crippen LogP contribution in [0.25, 0.3) is 0 Å². The van der Waals surface area contributed by atoms with Crippen LogP contribution in [0.3, 0.4) is 0 Å². The molecule has 0 spiro atoms. The lowest BCUT2D eigenvalue weighted by atomic mass is 10.1. The van der Waals surface area contributed by atoms with Crippen LogP contribution < -0.4 is 5.32 Å². The van der Waals surface area contributed by atoms with Crippen molar-refractivity contribution in [2.45, 2.75) is 19.6 Å². The lowest BCUT2D eigenvalue weighted by Crippen LogP contribution is -2.25. The van der Waals surface area contributed by atoms with Crippen molar-refractivity contribution in [1.82, 2.24) is 24.6 Å². The molecular weight excluding hydrogens is 202 g/mol. The number of fused-ring (bicyclic) bond motifs is 1. The standard InChI is InChI=1S/C11H15N5/c1-2-14-16(4-1)9-10-6-12-7-11-13-3-5-15(11)8-10/h1-5,10,12H,6-9H2. The Morgan fingerprint density at radius 3 is 3.25 bits per heavy atom. The van der Waals surface area contributed by atoms with E-state index in [2.05, 4.69) is 26.2 Å². The molecule has 0 aliphatic carbocycles. The lowest BCUT2D eigenvalue weighted by molar-refractivity contribution is 0.367. The molecule has 5 nitrogen and oxygen atoms in total. The number of imidazole rings is 1. The van der Waals surface area contributed by atoms with Gasteiger partial charge in [0.2, 0.25) is 0 Å². The highest BCUT2D eigenvalue weighted by Crippen LogP contribution is 2.10. The highest BCUT2D eigenvalue weighted by atomic mass is 15.3. The highest BCUT2D eigenvalue weighted by Gasteiger charge is 2.16. The van der Waals surface area contributed by atoms with Gasteiger partial charge in [-0.25, -0.2) is 4.98 Å². The Bertz CT molecular complexity index is 445. The summed E-state index contributed by atoms with van der Waals surface area (Å²) in [6.07, 6.45) is 7.76. The Morgan fingerprint density at radius 1 is 1.38 bits per heavy atom. The Hall–Kier alpha value is -1.62. The van der Waals surface area contributed by atoms with Gasteiger partial charge in [0.1, 0.15) is 5.82 Å². The third kappa shape index (κ3) is 1.86. The van der Waals surface area contributed by atoms with Crippen molar-refractivity contribution in [3.8, 4) is 0 Å². The van der Waals surface area contributed by atoms with Crippen LogP contribution in [0.5, 0.6) is 0 Å². The molecule has 16 heavy (non-hydrogen) atoms. The molecule has 0 fully saturated rings. The molecule has 2 aromatic heterocycles. The fourth-order valence-electron chi connectivity index (χ4n) is 2.20. The maximum absolute atomic E-state index is 4.33. The summed E-state index contributed by atoms with van der Waals surface area (Å²) in [5.74, 6) is 1.69. The van der Waals surface area contributed by atoms with Crippen molar-refractivity contribution in [1.29, 1.82) is 0 Å². The molecule has 2 aromatic rings. The van der Waals surface area contributed by atoms with E-state index in [1.54, 1.807) is 0 Å². The zero-order chi connectivity index (χ0) is 10.8. The van der Waals surface area contributed by atoms with Crippen LogP contribution in [-0.4, -0.2) is 25.9 Å². The normalized spacial score (nSPS) is 20.4. The maximum atomic E-state index is 4.33. The number of hydrogen-bond donors (Lipinski definition) is 1. The Labute approximate surface area is 94.1 Å². The van der Waals surface area contributed by atoms with E-state index in [4.69, 9.17) is 0 Å². The molecule has 84 valence electrons. The van der Waals surface area contributed by atoms with E-state index in [1.165, 1.54) is 0 Å². The molecule has 0 amide bonds. The van der Waals surface area contributed by atoms with Crippen molar-refractivity contribution >= 4 is 0 Å². The van der Waals surface area contributed by atoms with E-state index in [9.17, 15) is 0 Å². The third-order valence-corrected chi connectivity index (χ3v) is 2.98. The summed E-state index contributed by atoms with van der Waals surface area (Å²) >= 11 is 0. The van der Waals surface area contributed by atoms with E-state index in [1.807, 2.05) is 29.3 Å². The molecule has 1 atom stereocenters. The average Bonchev–Trinajstić information content (AvgIpc) is 2.88. The van der Waals surface area contributed by atoms with Gasteiger partial charge < -0.3 is 9.88 Å². The predicted octanol–water partition coefficient (Wildman–Crippen LogP) is 0.499. The van der Waals surface area contributed by atoms with E-state index < -0.39 is 0 Å². The molecular formula is C11H15N5. The third-order valence-electron chi connectivity index (χ3n) is 2.98. The van der Waals surface area contributed by atoms with Crippen LogP contribution in [-0.2, 0) is 19.6 Å². The first-order chi connectivity index (χ1) is 7.92. The summed E-state index contributed by atoms with van der Waals surface area (Å²) < 4.78 is 4.22. The van der Waals surface area contributed by atoms with Gasteiger partial charge >= 0.3 is 0 Å². The minimum absolute atomic E-state index is 0.565. The van der Waals surface area contributed by atoms with Crippen LogP contribution in [0.4, 0.5) is 0 Å². The van der Waals surface area contributed by atoms with Crippen molar-refractivity contribution < 1.29 is 0 Å². The molecule has 0 bridgehead atoms. The fraction of sp³-hybridized carbons (Fsp3) is 0.455. The number of nitrogens with one attached hydrogen (secondary N) is 1. The first-order valence-electron chi connectivity index (χ1n) is 5.60. The van der Waals surface area contributed by atoms with Gasteiger partial charge in [0.05, 0.1) is 6.54 Å². The Morgan fingerprint density at radius 2 is 2.38 bits per heavy atom. The highest BCUT2D eigenvalue weighted by molar-refractivity contribution is 4.94. The monoisotopic (exact) mass is 217 g/mol. The van der Waals surface area contributed by atoms with Gasteiger partial charge in [0.15, 0.2) is 0 Å². The van der Waals surface area contributed by atoms with Gasteiger partial charge in [0.25, 0.3) is 0 Å². The molecule has 5 heteroatoms. The average molecular weight is 217 g/mol. The maximum Gasteiger partial charge on any atom is 0.122 e. The number of aromatic nitrogens is 4. The molecule has 1 N–H and O–H groups in total. The largest absolute Gasteiger partial charge is 0.333 e. The molecule has 0 saturated heterocycles. The zero-order valence-corrected chi connectivity index (χ0v) is 9.08. The van der Waals surface area contributed by atoms with Gasteiger partial charge in [-0.2, -0.15) is 5.10 Å². The minimum atomic E-state index is 0.565. The topological polar surface area (TPSA) is 47.7 Å². The summed E-state index contributed by atoms with van der Waals surface area (Å²) in [7, 11) is 0. The van der Waals surface area contributed by atoms with Crippen molar-refractivity contribution in [3.05, 3.63) is 36.7 Å².